The van der Waals surface area contributed by atoms with Gasteiger partial charge < -0.3 is 10.2 Å². The predicted octanol–water partition coefficient (Wildman–Crippen LogP) is 5.83. The fourth-order valence-corrected chi connectivity index (χ4v) is 5.79. The van der Waals surface area contributed by atoms with Crippen molar-refractivity contribution in [1.82, 2.24) is 10.2 Å². The van der Waals surface area contributed by atoms with E-state index >= 15 is 0 Å². The summed E-state index contributed by atoms with van der Waals surface area (Å²) in [5.41, 5.74) is 1.92. The molecule has 1 unspecified atom stereocenters. The number of anilines is 1. The van der Waals surface area contributed by atoms with Gasteiger partial charge in [-0.15, -0.1) is 0 Å². The van der Waals surface area contributed by atoms with Gasteiger partial charge >= 0.3 is 0 Å². The van der Waals surface area contributed by atoms with Crippen LogP contribution in [-0.4, -0.2) is 43.8 Å². The predicted molar refractivity (Wildman–Crippen MR) is 157 cm³/mol. The van der Waals surface area contributed by atoms with Crippen molar-refractivity contribution in [3.05, 3.63) is 94.0 Å². The van der Waals surface area contributed by atoms with E-state index in [1.165, 1.54) is 29.2 Å². The lowest BCUT2D eigenvalue weighted by Gasteiger charge is -2.33. The summed E-state index contributed by atoms with van der Waals surface area (Å²) in [5, 5.41) is 3.81. The lowest BCUT2D eigenvalue weighted by atomic mass is 10.1. The quantitative estimate of drug-likeness (QED) is 0.305. The maximum absolute atomic E-state index is 14.0. The largest absolute Gasteiger partial charge is 0.352 e. The van der Waals surface area contributed by atoms with Crippen LogP contribution in [0.1, 0.15) is 38.3 Å². The van der Waals surface area contributed by atoms with Gasteiger partial charge in [-0.25, -0.2) is 8.42 Å². The van der Waals surface area contributed by atoms with Gasteiger partial charge in [0.25, 0.3) is 10.0 Å². The minimum atomic E-state index is -4.16. The molecule has 3 rings (SSSR count). The summed E-state index contributed by atoms with van der Waals surface area (Å²) in [4.78, 5) is 28.6. The van der Waals surface area contributed by atoms with E-state index in [-0.39, 0.29) is 23.4 Å². The molecule has 0 aliphatic heterocycles. The molecular formula is C29H33Cl2N3O4S. The summed E-state index contributed by atoms with van der Waals surface area (Å²) < 4.78 is 28.8. The van der Waals surface area contributed by atoms with Crippen LogP contribution in [0.3, 0.4) is 0 Å². The van der Waals surface area contributed by atoms with Crippen LogP contribution in [0.5, 0.6) is 0 Å². The van der Waals surface area contributed by atoms with E-state index in [4.69, 9.17) is 23.2 Å². The van der Waals surface area contributed by atoms with Gasteiger partial charge in [-0.3, -0.25) is 13.9 Å². The maximum atomic E-state index is 14.0. The first-order valence-electron chi connectivity index (χ1n) is 12.6. The second kappa shape index (κ2) is 13.3. The minimum Gasteiger partial charge on any atom is -0.352 e. The van der Waals surface area contributed by atoms with Crippen molar-refractivity contribution < 1.29 is 18.0 Å². The van der Waals surface area contributed by atoms with Crippen LogP contribution in [0.2, 0.25) is 10.0 Å². The highest BCUT2D eigenvalue weighted by atomic mass is 35.5. The molecule has 0 aromatic heterocycles. The molecule has 1 atom stereocenters. The highest BCUT2D eigenvalue weighted by molar-refractivity contribution is 7.92. The highest BCUT2D eigenvalue weighted by Crippen LogP contribution is 2.26. The van der Waals surface area contributed by atoms with Crippen molar-refractivity contribution >= 4 is 50.7 Å². The second-order valence-corrected chi connectivity index (χ2v) is 12.3. The van der Waals surface area contributed by atoms with E-state index < -0.39 is 28.5 Å². The van der Waals surface area contributed by atoms with Crippen molar-refractivity contribution in [1.29, 1.82) is 0 Å². The van der Waals surface area contributed by atoms with E-state index in [0.29, 0.717) is 22.2 Å². The monoisotopic (exact) mass is 589 g/mol. The van der Waals surface area contributed by atoms with Crippen molar-refractivity contribution in [3.63, 3.8) is 0 Å². The minimum absolute atomic E-state index is 0.00458. The van der Waals surface area contributed by atoms with Gasteiger partial charge in [-0.2, -0.15) is 0 Å². The van der Waals surface area contributed by atoms with Crippen LogP contribution in [0, 0.1) is 6.92 Å². The van der Waals surface area contributed by atoms with E-state index in [0.717, 1.165) is 15.4 Å². The third-order valence-corrected chi connectivity index (χ3v) is 8.35. The number of benzene rings is 3. The first kappa shape index (κ1) is 30.5. The number of sulfonamides is 1. The fourth-order valence-electron chi connectivity index (χ4n) is 4.13. The molecule has 0 heterocycles. The lowest BCUT2D eigenvalue weighted by Crippen LogP contribution is -2.53. The molecule has 10 heteroatoms. The Hall–Kier alpha value is -3.07. The van der Waals surface area contributed by atoms with Crippen molar-refractivity contribution in [3.8, 4) is 0 Å². The Labute approximate surface area is 240 Å². The third kappa shape index (κ3) is 7.97. The van der Waals surface area contributed by atoms with E-state index in [2.05, 4.69) is 5.32 Å². The second-order valence-electron chi connectivity index (χ2n) is 9.54. The smallest absolute Gasteiger partial charge is 0.264 e. The normalized spacial score (nSPS) is 12.2. The molecule has 3 aromatic carbocycles. The number of hydrogen-bond acceptors (Lipinski definition) is 4. The van der Waals surface area contributed by atoms with Crippen molar-refractivity contribution in [2.75, 3.05) is 10.8 Å². The van der Waals surface area contributed by atoms with Gasteiger partial charge in [0.1, 0.15) is 12.6 Å². The van der Waals surface area contributed by atoms with Gasteiger partial charge in [0.15, 0.2) is 0 Å². The van der Waals surface area contributed by atoms with E-state index in [1.54, 1.807) is 42.5 Å². The lowest BCUT2D eigenvalue weighted by molar-refractivity contribution is -0.140. The SMILES string of the molecule is CCC(C(=O)NC(C)C)N(Cc1ccc(Cl)cc1)C(=O)CN(c1cccc(C)c1)S(=O)(=O)c1ccc(Cl)cc1. The summed E-state index contributed by atoms with van der Waals surface area (Å²) >= 11 is 12.0. The van der Waals surface area contributed by atoms with Crippen molar-refractivity contribution in [2.24, 2.45) is 0 Å². The zero-order chi connectivity index (χ0) is 28.7. The third-order valence-electron chi connectivity index (χ3n) is 6.05. The fraction of sp³-hybridized carbons (Fsp3) is 0.310. The molecule has 0 saturated carbocycles. The number of halogens is 2. The Kier molecular flexibility index (Phi) is 10.4. The van der Waals surface area contributed by atoms with Crippen LogP contribution >= 0.6 is 23.2 Å². The Morgan fingerprint density at radius 1 is 0.923 bits per heavy atom. The molecule has 3 aromatic rings. The summed E-state index contributed by atoms with van der Waals surface area (Å²) in [6.07, 6.45) is 0.340. The number of amides is 2. The Balaban J connectivity index is 2.06. The number of nitrogens with zero attached hydrogens (tertiary/aromatic N) is 2. The molecule has 0 bridgehead atoms. The van der Waals surface area contributed by atoms with E-state index in [1.807, 2.05) is 33.8 Å². The maximum Gasteiger partial charge on any atom is 0.264 e. The standard InChI is InChI=1S/C29H33Cl2N3O4S/c1-5-27(29(36)32-20(2)3)33(18-22-9-11-23(30)12-10-22)28(35)19-34(25-8-6-7-21(4)17-25)39(37,38)26-15-13-24(31)14-16-26/h6-17,20,27H,5,18-19H2,1-4H3,(H,32,36). The van der Waals surface area contributed by atoms with Crippen molar-refractivity contribution in [2.45, 2.75) is 57.6 Å². The molecule has 39 heavy (non-hydrogen) atoms. The van der Waals surface area contributed by atoms with Crippen LogP contribution in [0.25, 0.3) is 0 Å². The molecule has 0 aliphatic rings. The highest BCUT2D eigenvalue weighted by Gasteiger charge is 2.33. The van der Waals surface area contributed by atoms with Crippen LogP contribution < -0.4 is 9.62 Å². The molecule has 208 valence electrons. The molecule has 0 spiro atoms. The topological polar surface area (TPSA) is 86.8 Å². The number of carbonyl (C=O) groups excluding carboxylic acids is 2. The van der Waals surface area contributed by atoms with Crippen LogP contribution in [0.4, 0.5) is 5.69 Å². The number of rotatable bonds is 11. The summed E-state index contributed by atoms with van der Waals surface area (Å²) in [7, 11) is -4.16. The number of carbonyl (C=O) groups is 2. The van der Waals surface area contributed by atoms with Gasteiger partial charge in [0, 0.05) is 22.6 Å². The number of hydrogen-bond donors (Lipinski definition) is 1. The average molecular weight is 591 g/mol. The molecular weight excluding hydrogens is 557 g/mol. The molecule has 1 N–H and O–H groups in total. The summed E-state index contributed by atoms with van der Waals surface area (Å²) in [6.45, 7) is 6.93. The zero-order valence-corrected chi connectivity index (χ0v) is 24.7. The molecule has 0 radical (unpaired) electrons. The Bertz CT molecular complexity index is 1390. The molecule has 7 nitrogen and oxygen atoms in total. The van der Waals surface area contributed by atoms with Crippen LogP contribution in [0.15, 0.2) is 77.7 Å². The van der Waals surface area contributed by atoms with Crippen LogP contribution in [-0.2, 0) is 26.2 Å². The Morgan fingerprint density at radius 3 is 2.05 bits per heavy atom. The van der Waals surface area contributed by atoms with E-state index in [9.17, 15) is 18.0 Å². The molecule has 2 amide bonds. The van der Waals surface area contributed by atoms with Gasteiger partial charge in [-0.1, -0.05) is 54.4 Å². The first-order valence-corrected chi connectivity index (χ1v) is 14.8. The average Bonchev–Trinajstić information content (AvgIpc) is 2.88. The summed E-state index contributed by atoms with van der Waals surface area (Å²) in [5.74, 6) is -0.827. The first-order chi connectivity index (χ1) is 18.4. The molecule has 0 aliphatic carbocycles. The van der Waals surface area contributed by atoms with Gasteiger partial charge in [-0.05, 0) is 86.8 Å². The molecule has 0 saturated heterocycles. The number of aryl methyl sites for hydroxylation is 1. The summed E-state index contributed by atoms with van der Waals surface area (Å²) in [6, 6.07) is 18.7. The van der Waals surface area contributed by atoms with Gasteiger partial charge in [0.05, 0.1) is 10.6 Å². The van der Waals surface area contributed by atoms with Gasteiger partial charge in [0.2, 0.25) is 11.8 Å². The number of nitrogens with one attached hydrogen (secondary N) is 1. The molecule has 0 fully saturated rings. The Morgan fingerprint density at radius 2 is 1.51 bits per heavy atom. The zero-order valence-electron chi connectivity index (χ0n) is 22.4.